The molecule has 1 aliphatic carbocycles. The van der Waals surface area contributed by atoms with Gasteiger partial charge in [0.05, 0.1) is 17.3 Å². The zero-order chi connectivity index (χ0) is 22.8. The van der Waals surface area contributed by atoms with Crippen molar-refractivity contribution in [3.05, 3.63) is 47.3 Å². The second-order valence-electron chi connectivity index (χ2n) is 10.0. The first-order chi connectivity index (χ1) is 16.1. The van der Waals surface area contributed by atoms with Crippen LogP contribution in [0.15, 0.2) is 30.3 Å². The summed E-state index contributed by atoms with van der Waals surface area (Å²) in [5, 5.41) is 21.3. The number of rotatable bonds is 5. The van der Waals surface area contributed by atoms with Crippen molar-refractivity contribution in [3.8, 4) is 6.07 Å². The third-order valence-electron chi connectivity index (χ3n) is 7.96. The Hall–Kier alpha value is -2.43. The van der Waals surface area contributed by atoms with E-state index in [0.717, 1.165) is 18.8 Å². The molecule has 2 bridgehead atoms. The molecule has 4 atom stereocenters. The van der Waals surface area contributed by atoms with Gasteiger partial charge in [0.1, 0.15) is 0 Å². The molecule has 1 aromatic heterocycles. The average Bonchev–Trinajstić information content (AvgIpc) is 3.25. The molecule has 6 rings (SSSR count). The van der Waals surface area contributed by atoms with Crippen molar-refractivity contribution in [2.75, 3.05) is 25.0 Å². The minimum atomic E-state index is 0.510. The molecule has 4 heterocycles. The summed E-state index contributed by atoms with van der Waals surface area (Å²) in [7, 11) is 2.14. The highest BCUT2D eigenvalue weighted by Gasteiger charge is 2.42. The Morgan fingerprint density at radius 3 is 2.82 bits per heavy atom. The summed E-state index contributed by atoms with van der Waals surface area (Å²) < 4.78 is 2.18. The molecular formula is C26H34N6S. The average molecular weight is 463 g/mol. The normalized spacial score (nSPS) is 27.2. The van der Waals surface area contributed by atoms with Crippen molar-refractivity contribution >= 4 is 23.0 Å². The van der Waals surface area contributed by atoms with Gasteiger partial charge in [0, 0.05) is 49.4 Å². The summed E-state index contributed by atoms with van der Waals surface area (Å²) in [6.07, 6.45) is 9.18. The second-order valence-corrected chi connectivity index (χ2v) is 10.4. The van der Waals surface area contributed by atoms with E-state index in [1.165, 1.54) is 62.9 Å². The van der Waals surface area contributed by atoms with Crippen LogP contribution in [0, 0.1) is 17.2 Å². The number of piperidine rings is 3. The van der Waals surface area contributed by atoms with Gasteiger partial charge in [-0.1, -0.05) is 25.3 Å². The smallest absolute Gasteiger partial charge is 0.170 e. The zero-order valence-corrected chi connectivity index (χ0v) is 20.3. The lowest BCUT2D eigenvalue weighted by Crippen LogP contribution is -2.56. The minimum absolute atomic E-state index is 0.510. The number of nitrogens with one attached hydrogen (secondary N) is 2. The molecule has 2 aromatic rings. The van der Waals surface area contributed by atoms with E-state index in [-0.39, 0.29) is 0 Å². The van der Waals surface area contributed by atoms with Crippen LogP contribution in [0.1, 0.15) is 73.7 Å². The van der Waals surface area contributed by atoms with Gasteiger partial charge in [-0.05, 0) is 74.6 Å². The Morgan fingerprint density at radius 1 is 1.21 bits per heavy atom. The SMILES string of the molecule is Cn1nc(C2CCCCC2)cc1[C@H]1CN2CC[C@H]1C[C@@H]2CNC(=S)Nc1cccc(C#N)c1. The number of nitriles is 1. The number of anilines is 1. The standard InChI is InChI=1S/C26H34N6S/c1-31-25(14-24(30-31)19-7-3-2-4-8-19)23-17-32-11-10-20(23)13-22(32)16-28-26(33)29-21-9-5-6-18(12-21)15-27/h5-6,9,12,14,19-20,22-23H,2-4,7-8,10-11,13,16-17H2,1H3,(H2,28,29,33)/t20-,22+,23-/m0/s1. The number of hydrogen-bond donors (Lipinski definition) is 2. The topological polar surface area (TPSA) is 68.9 Å². The fraction of sp³-hybridized carbons (Fsp3) is 0.577. The predicted molar refractivity (Wildman–Crippen MR) is 135 cm³/mol. The molecule has 3 aliphatic heterocycles. The maximum absolute atomic E-state index is 9.08. The van der Waals surface area contributed by atoms with Gasteiger partial charge in [0.15, 0.2) is 5.11 Å². The highest BCUT2D eigenvalue weighted by molar-refractivity contribution is 7.80. The molecule has 33 heavy (non-hydrogen) atoms. The van der Waals surface area contributed by atoms with Gasteiger partial charge in [0.25, 0.3) is 0 Å². The fourth-order valence-corrected chi connectivity index (χ4v) is 6.39. The number of aryl methyl sites for hydroxylation is 1. The summed E-state index contributed by atoms with van der Waals surface area (Å²) in [4.78, 5) is 2.64. The molecule has 1 aromatic carbocycles. The molecule has 0 amide bonds. The summed E-state index contributed by atoms with van der Waals surface area (Å²) >= 11 is 5.52. The lowest BCUT2D eigenvalue weighted by atomic mass is 9.74. The number of fused-ring (bicyclic) bond motifs is 3. The van der Waals surface area contributed by atoms with Crippen LogP contribution in [0.4, 0.5) is 5.69 Å². The Balaban J connectivity index is 1.17. The van der Waals surface area contributed by atoms with Crippen LogP contribution in [-0.2, 0) is 7.05 Å². The number of thiocarbonyl (C=S) groups is 1. The van der Waals surface area contributed by atoms with Crippen molar-refractivity contribution in [1.29, 1.82) is 5.26 Å². The molecule has 174 valence electrons. The predicted octanol–water partition coefficient (Wildman–Crippen LogP) is 4.50. The largest absolute Gasteiger partial charge is 0.361 e. The maximum atomic E-state index is 9.08. The summed E-state index contributed by atoms with van der Waals surface area (Å²) in [5.41, 5.74) is 4.25. The minimum Gasteiger partial charge on any atom is -0.361 e. The van der Waals surface area contributed by atoms with Gasteiger partial charge < -0.3 is 10.6 Å². The summed E-state index contributed by atoms with van der Waals surface area (Å²) in [5.74, 6) is 1.97. The van der Waals surface area contributed by atoms with Crippen molar-refractivity contribution in [2.45, 2.75) is 62.8 Å². The number of hydrogen-bond acceptors (Lipinski definition) is 4. The van der Waals surface area contributed by atoms with Gasteiger partial charge in [-0.2, -0.15) is 10.4 Å². The van der Waals surface area contributed by atoms with Gasteiger partial charge in [-0.25, -0.2) is 0 Å². The van der Waals surface area contributed by atoms with Gasteiger partial charge in [-0.15, -0.1) is 0 Å². The molecule has 4 aliphatic rings. The van der Waals surface area contributed by atoms with Crippen molar-refractivity contribution in [3.63, 3.8) is 0 Å². The Kier molecular flexibility index (Phi) is 6.66. The van der Waals surface area contributed by atoms with Crippen LogP contribution in [-0.4, -0.2) is 45.5 Å². The van der Waals surface area contributed by atoms with Gasteiger partial charge in [0.2, 0.25) is 0 Å². The van der Waals surface area contributed by atoms with Crippen LogP contribution < -0.4 is 10.6 Å². The van der Waals surface area contributed by atoms with E-state index in [0.29, 0.717) is 34.5 Å². The van der Waals surface area contributed by atoms with Crippen LogP contribution in [0.3, 0.4) is 0 Å². The first kappa shape index (κ1) is 22.4. The molecule has 2 N–H and O–H groups in total. The summed E-state index contributed by atoms with van der Waals surface area (Å²) in [6, 6.07) is 12.5. The quantitative estimate of drug-likeness (QED) is 0.638. The Bertz CT molecular complexity index is 1030. The van der Waals surface area contributed by atoms with Gasteiger partial charge in [-0.3, -0.25) is 9.58 Å². The number of benzene rings is 1. The molecule has 0 radical (unpaired) electrons. The number of aromatic nitrogens is 2. The molecule has 3 saturated heterocycles. The molecule has 6 nitrogen and oxygen atoms in total. The monoisotopic (exact) mass is 462 g/mol. The fourth-order valence-electron chi connectivity index (χ4n) is 6.19. The first-order valence-electron chi connectivity index (χ1n) is 12.4. The second kappa shape index (κ2) is 9.82. The van der Waals surface area contributed by atoms with E-state index in [1.807, 2.05) is 18.2 Å². The lowest BCUT2D eigenvalue weighted by molar-refractivity contribution is 0.0303. The number of nitrogens with zero attached hydrogens (tertiary/aromatic N) is 4. The van der Waals surface area contributed by atoms with E-state index in [9.17, 15) is 0 Å². The van der Waals surface area contributed by atoms with E-state index in [4.69, 9.17) is 22.6 Å². The van der Waals surface area contributed by atoms with E-state index in [2.05, 4.69) is 39.4 Å². The molecule has 7 heteroatoms. The van der Waals surface area contributed by atoms with Crippen LogP contribution in [0.5, 0.6) is 0 Å². The molecule has 1 saturated carbocycles. The van der Waals surface area contributed by atoms with Crippen LogP contribution in [0.2, 0.25) is 0 Å². The van der Waals surface area contributed by atoms with Crippen molar-refractivity contribution in [2.24, 2.45) is 13.0 Å². The van der Waals surface area contributed by atoms with E-state index >= 15 is 0 Å². The van der Waals surface area contributed by atoms with Crippen molar-refractivity contribution in [1.82, 2.24) is 20.0 Å². The maximum Gasteiger partial charge on any atom is 0.170 e. The zero-order valence-electron chi connectivity index (χ0n) is 19.5. The molecule has 4 fully saturated rings. The Labute approximate surface area is 202 Å². The Morgan fingerprint density at radius 2 is 2.06 bits per heavy atom. The third-order valence-corrected chi connectivity index (χ3v) is 8.21. The van der Waals surface area contributed by atoms with Crippen LogP contribution >= 0.6 is 12.2 Å². The third kappa shape index (κ3) is 4.92. The van der Waals surface area contributed by atoms with Gasteiger partial charge >= 0.3 is 0 Å². The molecular weight excluding hydrogens is 428 g/mol. The molecule has 1 unspecified atom stereocenters. The summed E-state index contributed by atoms with van der Waals surface area (Å²) in [6.45, 7) is 3.14. The van der Waals surface area contributed by atoms with E-state index in [1.54, 1.807) is 6.07 Å². The van der Waals surface area contributed by atoms with E-state index < -0.39 is 0 Å². The highest BCUT2D eigenvalue weighted by atomic mass is 32.1. The first-order valence-corrected chi connectivity index (χ1v) is 12.8. The highest BCUT2D eigenvalue weighted by Crippen LogP contribution is 2.42. The van der Waals surface area contributed by atoms with Crippen LogP contribution in [0.25, 0.3) is 0 Å². The lowest BCUT2D eigenvalue weighted by Gasteiger charge is -2.50. The molecule has 0 spiro atoms. The van der Waals surface area contributed by atoms with Crippen molar-refractivity contribution < 1.29 is 0 Å².